The van der Waals surface area contributed by atoms with Crippen LogP contribution in [0.2, 0.25) is 0 Å². The lowest BCUT2D eigenvalue weighted by molar-refractivity contribution is -0.387. The summed E-state index contributed by atoms with van der Waals surface area (Å²) in [5, 5.41) is 16.3. The number of likely N-dealkylation sites (tertiary alicyclic amines) is 1. The van der Waals surface area contributed by atoms with Crippen molar-refractivity contribution < 1.29 is 14.5 Å². The second-order valence-electron chi connectivity index (χ2n) is 7.37. The van der Waals surface area contributed by atoms with Gasteiger partial charge >= 0.3 is 0 Å². The number of nitro benzene ring substituents is 1. The van der Waals surface area contributed by atoms with Crippen molar-refractivity contribution in [2.24, 2.45) is 0 Å². The summed E-state index contributed by atoms with van der Waals surface area (Å²) < 4.78 is 0.705. The molecular formula is C22H20N4O4S2. The van der Waals surface area contributed by atoms with Crippen LogP contribution < -0.4 is 5.32 Å². The highest BCUT2D eigenvalue weighted by Gasteiger charge is 2.21. The Balaban J connectivity index is 1.49. The lowest BCUT2D eigenvalue weighted by Gasteiger charge is -2.16. The Morgan fingerprint density at radius 1 is 1.31 bits per heavy atom. The van der Waals surface area contributed by atoms with E-state index in [-0.39, 0.29) is 17.2 Å². The van der Waals surface area contributed by atoms with E-state index >= 15 is 0 Å². The van der Waals surface area contributed by atoms with Gasteiger partial charge in [0.1, 0.15) is 0 Å². The minimum atomic E-state index is -0.493. The number of nitro groups is 1. The van der Waals surface area contributed by atoms with Crippen LogP contribution in [0.15, 0.2) is 57.1 Å². The first-order chi connectivity index (χ1) is 15.4. The molecule has 2 heterocycles. The van der Waals surface area contributed by atoms with Gasteiger partial charge in [-0.3, -0.25) is 19.7 Å². The fourth-order valence-electron chi connectivity index (χ4n) is 3.40. The monoisotopic (exact) mass is 468 g/mol. The molecule has 1 saturated heterocycles. The summed E-state index contributed by atoms with van der Waals surface area (Å²) in [5.74, 6) is -0.304. The van der Waals surface area contributed by atoms with Crippen molar-refractivity contribution in [1.82, 2.24) is 9.88 Å². The van der Waals surface area contributed by atoms with Gasteiger partial charge in [0.25, 0.3) is 11.6 Å². The maximum Gasteiger partial charge on any atom is 0.284 e. The number of benzene rings is 2. The maximum absolute atomic E-state index is 12.8. The van der Waals surface area contributed by atoms with Gasteiger partial charge in [-0.25, -0.2) is 4.98 Å². The summed E-state index contributed by atoms with van der Waals surface area (Å²) >= 11 is 2.62. The Hall–Kier alpha value is -3.24. The lowest BCUT2D eigenvalue weighted by Crippen LogP contribution is -2.23. The summed E-state index contributed by atoms with van der Waals surface area (Å²) in [4.78, 5) is 42.3. The molecule has 4 rings (SSSR count). The Morgan fingerprint density at radius 2 is 2.16 bits per heavy atom. The van der Waals surface area contributed by atoms with Gasteiger partial charge in [-0.1, -0.05) is 23.9 Å². The third-order valence-electron chi connectivity index (χ3n) is 4.94. The molecule has 10 heteroatoms. The van der Waals surface area contributed by atoms with Crippen molar-refractivity contribution in [2.45, 2.75) is 35.5 Å². The minimum absolute atomic E-state index is 0.137. The average molecular weight is 469 g/mol. The van der Waals surface area contributed by atoms with E-state index in [2.05, 4.69) is 10.3 Å². The standard InChI is InChI=1S/C22H20N4O4S2/c1-14-13-31-22(23-14)32-19-8-7-16(11-18(19)26(29)30)21(28)24-17-5-2-4-15(10-17)12-25-9-3-6-20(25)27/h2,4-5,7-8,10-11,13H,3,6,9,12H2,1H3,(H,24,28). The van der Waals surface area contributed by atoms with Gasteiger partial charge in [0, 0.05) is 47.9 Å². The van der Waals surface area contributed by atoms with Gasteiger partial charge < -0.3 is 10.2 Å². The number of aromatic nitrogens is 1. The fraction of sp³-hybridized carbons (Fsp3) is 0.227. The summed E-state index contributed by atoms with van der Waals surface area (Å²) in [6.07, 6.45) is 1.44. The first-order valence-electron chi connectivity index (χ1n) is 9.95. The van der Waals surface area contributed by atoms with Crippen LogP contribution in [0.3, 0.4) is 0 Å². The number of carbonyl (C=O) groups excluding carboxylic acids is 2. The van der Waals surface area contributed by atoms with Gasteiger partial charge in [-0.15, -0.1) is 11.3 Å². The predicted octanol–water partition coefficient (Wildman–Crippen LogP) is 4.89. The smallest absolute Gasteiger partial charge is 0.284 e. The molecule has 1 N–H and O–H groups in total. The normalized spacial score (nSPS) is 13.4. The van der Waals surface area contributed by atoms with Crippen LogP contribution in [0.25, 0.3) is 0 Å². The van der Waals surface area contributed by atoms with Crippen LogP contribution in [-0.4, -0.2) is 33.2 Å². The average Bonchev–Trinajstić information content (AvgIpc) is 3.36. The van der Waals surface area contributed by atoms with Gasteiger partial charge in [0.15, 0.2) is 4.34 Å². The largest absolute Gasteiger partial charge is 0.338 e. The molecule has 2 amide bonds. The third kappa shape index (κ3) is 5.14. The number of carbonyl (C=O) groups is 2. The molecule has 8 nitrogen and oxygen atoms in total. The molecule has 1 fully saturated rings. The molecular weight excluding hydrogens is 448 g/mol. The van der Waals surface area contributed by atoms with Crippen molar-refractivity contribution in [3.05, 3.63) is 74.8 Å². The van der Waals surface area contributed by atoms with E-state index in [4.69, 9.17) is 0 Å². The van der Waals surface area contributed by atoms with Gasteiger partial charge in [-0.2, -0.15) is 0 Å². The molecule has 2 aromatic carbocycles. The van der Waals surface area contributed by atoms with Crippen molar-refractivity contribution >= 4 is 46.3 Å². The Kier molecular flexibility index (Phi) is 6.52. The summed E-state index contributed by atoms with van der Waals surface area (Å²) in [6, 6.07) is 11.7. The van der Waals surface area contributed by atoms with E-state index in [1.54, 1.807) is 23.1 Å². The van der Waals surface area contributed by atoms with Gasteiger partial charge in [0.2, 0.25) is 5.91 Å². The molecule has 1 aliphatic rings. The molecule has 1 aromatic heterocycles. The summed E-state index contributed by atoms with van der Waals surface area (Å²) in [5.41, 5.74) is 2.38. The van der Waals surface area contributed by atoms with Crippen LogP contribution in [-0.2, 0) is 11.3 Å². The van der Waals surface area contributed by atoms with E-state index < -0.39 is 10.8 Å². The van der Waals surface area contributed by atoms with Crippen LogP contribution in [0.5, 0.6) is 0 Å². The van der Waals surface area contributed by atoms with Crippen molar-refractivity contribution in [3.8, 4) is 0 Å². The molecule has 164 valence electrons. The highest BCUT2D eigenvalue weighted by Crippen LogP contribution is 2.37. The quantitative estimate of drug-likeness (QED) is 0.391. The number of hydrogen-bond donors (Lipinski definition) is 1. The zero-order valence-electron chi connectivity index (χ0n) is 17.2. The van der Waals surface area contributed by atoms with E-state index in [0.29, 0.717) is 27.9 Å². The van der Waals surface area contributed by atoms with E-state index in [1.165, 1.54) is 29.2 Å². The highest BCUT2D eigenvalue weighted by atomic mass is 32.2. The van der Waals surface area contributed by atoms with Crippen LogP contribution in [0, 0.1) is 17.0 Å². The molecule has 0 unspecified atom stereocenters. The molecule has 32 heavy (non-hydrogen) atoms. The SMILES string of the molecule is Cc1csc(Sc2ccc(C(=O)Nc3cccc(CN4CCCC4=O)c3)cc2[N+](=O)[O-])n1. The number of anilines is 1. The van der Waals surface area contributed by atoms with Gasteiger partial charge in [0.05, 0.1) is 9.82 Å². The molecule has 0 aliphatic carbocycles. The van der Waals surface area contributed by atoms with E-state index in [0.717, 1.165) is 24.2 Å². The van der Waals surface area contributed by atoms with Crippen molar-refractivity contribution in [1.29, 1.82) is 0 Å². The third-order valence-corrected chi connectivity index (χ3v) is 7.06. The van der Waals surface area contributed by atoms with E-state index in [9.17, 15) is 19.7 Å². The fourth-order valence-corrected chi connectivity index (χ4v) is 5.28. The molecule has 0 radical (unpaired) electrons. The number of nitrogens with zero attached hydrogens (tertiary/aromatic N) is 3. The van der Waals surface area contributed by atoms with Crippen LogP contribution in [0.1, 0.15) is 34.5 Å². The van der Waals surface area contributed by atoms with Crippen LogP contribution >= 0.6 is 23.1 Å². The Bertz CT molecular complexity index is 1190. The number of aryl methyl sites for hydroxylation is 1. The number of nitrogens with one attached hydrogen (secondary N) is 1. The number of amides is 2. The molecule has 0 atom stereocenters. The second kappa shape index (κ2) is 9.49. The zero-order valence-corrected chi connectivity index (χ0v) is 18.9. The number of rotatable bonds is 7. The van der Waals surface area contributed by atoms with Gasteiger partial charge in [-0.05, 0) is 43.2 Å². The first-order valence-corrected chi connectivity index (χ1v) is 11.6. The molecule has 0 spiro atoms. The second-order valence-corrected chi connectivity index (χ2v) is 9.52. The maximum atomic E-state index is 12.8. The zero-order chi connectivity index (χ0) is 22.7. The first kappa shape index (κ1) is 22.0. The lowest BCUT2D eigenvalue weighted by atomic mass is 10.1. The summed E-state index contributed by atoms with van der Waals surface area (Å²) in [7, 11) is 0. The minimum Gasteiger partial charge on any atom is -0.338 e. The highest BCUT2D eigenvalue weighted by molar-refractivity contribution is 8.01. The Labute approximate surface area is 192 Å². The summed E-state index contributed by atoms with van der Waals surface area (Å²) in [6.45, 7) is 3.10. The topological polar surface area (TPSA) is 105 Å². The number of hydrogen-bond acceptors (Lipinski definition) is 7. The molecule has 0 saturated carbocycles. The van der Waals surface area contributed by atoms with Crippen LogP contribution in [0.4, 0.5) is 11.4 Å². The molecule has 3 aromatic rings. The van der Waals surface area contributed by atoms with E-state index in [1.807, 2.05) is 30.5 Å². The van der Waals surface area contributed by atoms with Crippen molar-refractivity contribution in [3.63, 3.8) is 0 Å². The number of thiazole rings is 1. The van der Waals surface area contributed by atoms with Crippen molar-refractivity contribution in [2.75, 3.05) is 11.9 Å². The molecule has 0 bridgehead atoms. The Morgan fingerprint density at radius 3 is 2.84 bits per heavy atom. The predicted molar refractivity (Wildman–Crippen MR) is 123 cm³/mol. The molecule has 1 aliphatic heterocycles.